The van der Waals surface area contributed by atoms with Crippen LogP contribution in [0.4, 0.5) is 5.69 Å². The van der Waals surface area contributed by atoms with E-state index in [0.29, 0.717) is 6.42 Å². The molecule has 4 nitrogen and oxygen atoms in total. The number of carbonyl (C=O) groups is 2. The molecular weight excluding hydrogens is 356 g/mol. The molecule has 27 heavy (non-hydrogen) atoms. The van der Waals surface area contributed by atoms with Crippen LogP contribution in [0.15, 0.2) is 65.8 Å². The van der Waals surface area contributed by atoms with Gasteiger partial charge in [0.05, 0.1) is 11.4 Å². The lowest BCUT2D eigenvalue weighted by Gasteiger charge is -2.34. The molecule has 2 aromatic carbocycles. The van der Waals surface area contributed by atoms with Gasteiger partial charge in [-0.3, -0.25) is 4.79 Å². The summed E-state index contributed by atoms with van der Waals surface area (Å²) in [7, 11) is 0. The lowest BCUT2D eigenvalue weighted by Crippen LogP contribution is -2.46. The third-order valence-corrected chi connectivity index (χ3v) is 7.13. The van der Waals surface area contributed by atoms with E-state index in [1.54, 1.807) is 18.7 Å². The van der Waals surface area contributed by atoms with E-state index >= 15 is 0 Å². The van der Waals surface area contributed by atoms with E-state index in [1.807, 2.05) is 55.5 Å². The highest BCUT2D eigenvalue weighted by Crippen LogP contribution is 2.61. The highest BCUT2D eigenvalue weighted by molar-refractivity contribution is 7.99. The quantitative estimate of drug-likeness (QED) is 0.788. The van der Waals surface area contributed by atoms with Crippen molar-refractivity contribution < 1.29 is 9.59 Å². The molecule has 0 saturated carbocycles. The van der Waals surface area contributed by atoms with E-state index in [2.05, 4.69) is 17.2 Å². The van der Waals surface area contributed by atoms with Crippen molar-refractivity contribution in [2.45, 2.75) is 25.5 Å². The topological polar surface area (TPSA) is 49.7 Å². The van der Waals surface area contributed by atoms with Crippen molar-refractivity contribution in [3.63, 3.8) is 0 Å². The van der Waals surface area contributed by atoms with Crippen LogP contribution in [0.5, 0.6) is 0 Å². The Morgan fingerprint density at radius 3 is 2.41 bits per heavy atom. The van der Waals surface area contributed by atoms with Crippen molar-refractivity contribution in [3.05, 3.63) is 66.2 Å². The van der Waals surface area contributed by atoms with Crippen molar-refractivity contribution in [1.29, 1.82) is 0 Å². The second-order valence-corrected chi connectivity index (χ2v) is 8.37. The first-order valence-corrected chi connectivity index (χ1v) is 10.2. The number of anilines is 1. The lowest BCUT2D eigenvalue weighted by atomic mass is 9.67. The third-order valence-electron chi connectivity index (χ3n) is 5.55. The van der Waals surface area contributed by atoms with Gasteiger partial charge in [0, 0.05) is 11.7 Å². The SMILES string of the molecule is CC(=O)C[C@H]1CS[C@@H](c2ccccc2)[C@]12C(=O)N(c1ccccc1)N=C2C. The molecule has 2 heterocycles. The molecule has 0 aromatic heterocycles. The minimum atomic E-state index is -0.770. The Bertz CT molecular complexity index is 897. The van der Waals surface area contributed by atoms with Gasteiger partial charge in [-0.1, -0.05) is 48.5 Å². The fourth-order valence-corrected chi connectivity index (χ4v) is 6.25. The first kappa shape index (κ1) is 18.0. The lowest BCUT2D eigenvalue weighted by molar-refractivity contribution is -0.126. The van der Waals surface area contributed by atoms with Crippen LogP contribution in [0.2, 0.25) is 0 Å². The average Bonchev–Trinajstić information content (AvgIpc) is 3.17. The van der Waals surface area contributed by atoms with Crippen LogP contribution in [0.25, 0.3) is 0 Å². The number of nitrogens with zero attached hydrogens (tertiary/aromatic N) is 2. The molecule has 2 aromatic rings. The summed E-state index contributed by atoms with van der Waals surface area (Å²) in [5, 5.41) is 6.18. The molecule has 5 heteroatoms. The Kier molecular flexibility index (Phi) is 4.64. The molecule has 1 fully saturated rings. The number of hydrazone groups is 1. The van der Waals surface area contributed by atoms with E-state index < -0.39 is 5.41 Å². The molecular formula is C22H22N2O2S. The minimum absolute atomic E-state index is 0.0173. The van der Waals surface area contributed by atoms with Gasteiger partial charge in [0.1, 0.15) is 11.2 Å². The van der Waals surface area contributed by atoms with E-state index in [1.165, 1.54) is 5.01 Å². The number of hydrogen-bond acceptors (Lipinski definition) is 4. The van der Waals surface area contributed by atoms with Crippen LogP contribution in [0.1, 0.15) is 31.1 Å². The van der Waals surface area contributed by atoms with Crippen LogP contribution in [-0.4, -0.2) is 23.2 Å². The predicted octanol–water partition coefficient (Wildman–Crippen LogP) is 4.48. The molecule has 2 aliphatic rings. The van der Waals surface area contributed by atoms with Crippen LogP contribution in [0, 0.1) is 11.3 Å². The Morgan fingerprint density at radius 1 is 1.15 bits per heavy atom. The average molecular weight is 378 g/mol. The van der Waals surface area contributed by atoms with Gasteiger partial charge in [-0.15, -0.1) is 0 Å². The van der Waals surface area contributed by atoms with Crippen molar-refractivity contribution in [2.75, 3.05) is 10.8 Å². The van der Waals surface area contributed by atoms with E-state index in [0.717, 1.165) is 22.7 Å². The maximum atomic E-state index is 13.8. The Balaban J connectivity index is 1.83. The van der Waals surface area contributed by atoms with Gasteiger partial charge in [0.2, 0.25) is 0 Å². The fraction of sp³-hybridized carbons (Fsp3) is 0.318. The van der Waals surface area contributed by atoms with Crippen molar-refractivity contribution in [3.8, 4) is 0 Å². The molecule has 2 aliphatic heterocycles. The summed E-state index contributed by atoms with van der Waals surface area (Å²) >= 11 is 1.77. The monoisotopic (exact) mass is 378 g/mol. The standard InChI is InChI=1S/C22H22N2O2S/c1-15(25)13-18-14-27-20(17-9-5-3-6-10-17)22(18)16(2)23-24(21(22)26)19-11-7-4-8-12-19/h3-12,18,20H,13-14H2,1-2H3/t18-,20-,22+/m0/s1. The number of benzene rings is 2. The molecule has 1 spiro atoms. The van der Waals surface area contributed by atoms with Gasteiger partial charge in [-0.05, 0) is 43.2 Å². The zero-order chi connectivity index (χ0) is 19.0. The molecule has 4 rings (SSSR count). The summed E-state index contributed by atoms with van der Waals surface area (Å²) in [6.07, 6.45) is 0.400. The number of amides is 1. The molecule has 1 amide bonds. The van der Waals surface area contributed by atoms with Crippen molar-refractivity contribution in [1.82, 2.24) is 0 Å². The van der Waals surface area contributed by atoms with Gasteiger partial charge in [-0.2, -0.15) is 21.9 Å². The second-order valence-electron chi connectivity index (χ2n) is 7.23. The van der Waals surface area contributed by atoms with Gasteiger partial charge >= 0.3 is 0 Å². The van der Waals surface area contributed by atoms with Gasteiger partial charge in [-0.25, -0.2) is 0 Å². The highest BCUT2D eigenvalue weighted by atomic mass is 32.2. The zero-order valence-electron chi connectivity index (χ0n) is 15.5. The zero-order valence-corrected chi connectivity index (χ0v) is 16.3. The van der Waals surface area contributed by atoms with Crippen LogP contribution < -0.4 is 5.01 Å². The predicted molar refractivity (Wildman–Crippen MR) is 110 cm³/mol. The molecule has 0 radical (unpaired) electrons. The van der Waals surface area contributed by atoms with Crippen molar-refractivity contribution in [2.24, 2.45) is 16.4 Å². The summed E-state index contributed by atoms with van der Waals surface area (Å²) in [4.78, 5) is 25.8. The summed E-state index contributed by atoms with van der Waals surface area (Å²) in [6, 6.07) is 19.7. The summed E-state index contributed by atoms with van der Waals surface area (Å²) in [5.41, 5.74) is 1.92. The fourth-order valence-electron chi connectivity index (χ4n) is 4.37. The van der Waals surface area contributed by atoms with Gasteiger partial charge in [0.15, 0.2) is 0 Å². The largest absolute Gasteiger partial charge is 0.300 e. The van der Waals surface area contributed by atoms with Crippen LogP contribution >= 0.6 is 11.8 Å². The van der Waals surface area contributed by atoms with E-state index in [9.17, 15) is 9.59 Å². The number of ketones is 1. The summed E-state index contributed by atoms with van der Waals surface area (Å²) in [5.74, 6) is 0.833. The van der Waals surface area contributed by atoms with Crippen molar-refractivity contribution >= 4 is 34.9 Å². The third kappa shape index (κ3) is 2.81. The van der Waals surface area contributed by atoms with Gasteiger partial charge < -0.3 is 4.79 Å². The van der Waals surface area contributed by atoms with E-state index in [4.69, 9.17) is 0 Å². The highest BCUT2D eigenvalue weighted by Gasteiger charge is 2.63. The first-order chi connectivity index (χ1) is 13.0. The number of para-hydroxylation sites is 1. The van der Waals surface area contributed by atoms with E-state index in [-0.39, 0.29) is 22.9 Å². The molecule has 1 saturated heterocycles. The molecule has 0 unspecified atom stereocenters. The number of rotatable bonds is 4. The number of thioether (sulfide) groups is 1. The molecule has 138 valence electrons. The normalized spacial score (nSPS) is 27.3. The van der Waals surface area contributed by atoms with Gasteiger partial charge in [0.25, 0.3) is 5.91 Å². The minimum Gasteiger partial charge on any atom is -0.300 e. The summed E-state index contributed by atoms with van der Waals surface area (Å²) < 4.78 is 0. The summed E-state index contributed by atoms with van der Waals surface area (Å²) in [6.45, 7) is 3.55. The first-order valence-electron chi connectivity index (χ1n) is 9.16. The molecule has 0 bridgehead atoms. The molecule has 0 aliphatic carbocycles. The molecule has 3 atom stereocenters. The second kappa shape index (κ2) is 6.97. The smallest absolute Gasteiger partial charge is 0.261 e. The number of hydrogen-bond donors (Lipinski definition) is 0. The Labute approximate surface area is 163 Å². The Hall–Kier alpha value is -2.40. The maximum Gasteiger partial charge on any atom is 0.261 e. The van der Waals surface area contributed by atoms with Crippen LogP contribution in [-0.2, 0) is 9.59 Å². The maximum absolute atomic E-state index is 13.8. The number of carbonyl (C=O) groups excluding carboxylic acids is 2. The van der Waals surface area contributed by atoms with Crippen LogP contribution in [0.3, 0.4) is 0 Å². The molecule has 0 N–H and O–H groups in total. The number of Topliss-reactive ketones (excluding diaryl/α,β-unsaturated/α-hetero) is 1. The Morgan fingerprint density at radius 2 is 1.78 bits per heavy atom.